The average Bonchev–Trinajstić information content (AvgIpc) is 2.88. The third-order valence-electron chi connectivity index (χ3n) is 8.78. The molecule has 5 rings (SSSR count). The monoisotopic (exact) mass is 481 g/mol. The van der Waals surface area contributed by atoms with Gasteiger partial charge in [-0.15, -0.1) is 0 Å². The highest BCUT2D eigenvalue weighted by atomic mass is 32.2. The molecule has 2 heterocycles. The van der Waals surface area contributed by atoms with Crippen LogP contribution in [0.5, 0.6) is 5.75 Å². The van der Waals surface area contributed by atoms with Gasteiger partial charge in [-0.3, -0.25) is 4.90 Å². The van der Waals surface area contributed by atoms with Gasteiger partial charge >= 0.3 is 0 Å². The van der Waals surface area contributed by atoms with E-state index < -0.39 is 0 Å². The van der Waals surface area contributed by atoms with E-state index in [4.69, 9.17) is 4.74 Å². The normalized spacial score (nSPS) is 31.0. The van der Waals surface area contributed by atoms with Gasteiger partial charge in [0, 0.05) is 49.2 Å². The lowest BCUT2D eigenvalue weighted by atomic mass is 9.80. The molecule has 0 bridgehead atoms. The highest BCUT2D eigenvalue weighted by Crippen LogP contribution is 2.46. The third kappa shape index (κ3) is 4.94. The second kappa shape index (κ2) is 10.7. The number of likely N-dealkylation sites (N-methyl/N-ethyl adjacent to an activating group) is 1. The molecule has 0 radical (unpaired) electrons. The number of allylic oxidation sites excluding steroid dienone is 1. The molecule has 0 aromatic heterocycles. The fourth-order valence-corrected chi connectivity index (χ4v) is 7.37. The molecule has 1 aromatic carbocycles. The van der Waals surface area contributed by atoms with Crippen LogP contribution in [0.3, 0.4) is 0 Å². The van der Waals surface area contributed by atoms with Crippen LogP contribution >= 0.6 is 11.8 Å². The van der Waals surface area contributed by atoms with E-state index in [0.29, 0.717) is 17.3 Å². The Hall–Kier alpha value is -1.43. The summed E-state index contributed by atoms with van der Waals surface area (Å²) in [6.45, 7) is 7.10. The maximum atomic E-state index is 5.57. The summed E-state index contributed by atoms with van der Waals surface area (Å²) in [5.74, 6) is 0.999. The molecular weight excluding hydrogens is 438 g/mol. The van der Waals surface area contributed by atoms with Crippen molar-refractivity contribution in [2.45, 2.75) is 75.2 Å². The van der Waals surface area contributed by atoms with Crippen molar-refractivity contribution in [3.8, 4) is 5.75 Å². The van der Waals surface area contributed by atoms with E-state index in [1.165, 1.54) is 82.3 Å². The fraction of sp³-hybridized carbons (Fsp3) is 0.655. The standard InChI is InChI=1S/C29H43N3OS/c1-21-19-22(6-14-29(21)33-3)27-12-5-23-20-25(31-17-15-30(2)16-18-31)9-13-28(23)32(27)24-7-10-26(34-4)11-8-24/h6-7,10,14,19,24-27H,5,8-9,11-13,15-18,20H2,1-4H3. The summed E-state index contributed by atoms with van der Waals surface area (Å²) >= 11 is 2.00. The number of rotatable bonds is 5. The minimum Gasteiger partial charge on any atom is -0.496 e. The van der Waals surface area contributed by atoms with Crippen molar-refractivity contribution in [2.24, 2.45) is 0 Å². The van der Waals surface area contributed by atoms with E-state index in [-0.39, 0.29) is 0 Å². The predicted octanol–water partition coefficient (Wildman–Crippen LogP) is 5.64. The van der Waals surface area contributed by atoms with Gasteiger partial charge in [0.1, 0.15) is 5.75 Å². The zero-order chi connectivity index (χ0) is 23.7. The second-order valence-corrected chi connectivity index (χ2v) is 11.9. The van der Waals surface area contributed by atoms with Gasteiger partial charge in [0.15, 0.2) is 0 Å². The maximum absolute atomic E-state index is 5.57. The molecule has 0 N–H and O–H groups in total. The van der Waals surface area contributed by atoms with Crippen molar-refractivity contribution in [2.75, 3.05) is 46.6 Å². The van der Waals surface area contributed by atoms with Crippen LogP contribution in [0.4, 0.5) is 0 Å². The highest BCUT2D eigenvalue weighted by molar-refractivity contribution is 7.99. The van der Waals surface area contributed by atoms with Crippen LogP contribution in [0.2, 0.25) is 0 Å². The molecule has 34 heavy (non-hydrogen) atoms. The number of ether oxygens (including phenoxy) is 1. The molecule has 0 spiro atoms. The van der Waals surface area contributed by atoms with E-state index >= 15 is 0 Å². The van der Waals surface area contributed by atoms with Gasteiger partial charge < -0.3 is 14.5 Å². The molecule has 4 unspecified atom stereocenters. The Morgan fingerprint density at radius 3 is 2.47 bits per heavy atom. The van der Waals surface area contributed by atoms with Crippen molar-refractivity contribution in [1.82, 2.24) is 14.7 Å². The molecule has 4 nitrogen and oxygen atoms in total. The fourth-order valence-electron chi connectivity index (χ4n) is 6.75. The number of thioether (sulfide) groups is 1. The molecule has 0 amide bonds. The smallest absolute Gasteiger partial charge is 0.121 e. The first-order valence-electron chi connectivity index (χ1n) is 13.3. The zero-order valence-electron chi connectivity index (χ0n) is 21.6. The van der Waals surface area contributed by atoms with Crippen LogP contribution in [-0.4, -0.2) is 78.6 Å². The number of nitrogens with zero attached hydrogens (tertiary/aromatic N) is 3. The number of piperazine rings is 1. The first kappa shape index (κ1) is 24.3. The van der Waals surface area contributed by atoms with Crippen molar-refractivity contribution >= 4 is 11.8 Å². The van der Waals surface area contributed by atoms with E-state index in [1.807, 2.05) is 11.8 Å². The molecule has 186 valence electrons. The van der Waals surface area contributed by atoms with Crippen LogP contribution in [0, 0.1) is 6.92 Å². The molecule has 1 aromatic rings. The first-order valence-corrected chi connectivity index (χ1v) is 14.6. The van der Waals surface area contributed by atoms with Crippen LogP contribution in [0.1, 0.15) is 62.1 Å². The van der Waals surface area contributed by atoms with E-state index in [9.17, 15) is 0 Å². The molecule has 1 fully saturated rings. The summed E-state index contributed by atoms with van der Waals surface area (Å²) in [5, 5.41) is 0.684. The van der Waals surface area contributed by atoms with Gasteiger partial charge in [-0.1, -0.05) is 24.3 Å². The van der Waals surface area contributed by atoms with Crippen LogP contribution < -0.4 is 4.74 Å². The van der Waals surface area contributed by atoms with Gasteiger partial charge in [0.05, 0.1) is 13.2 Å². The molecular formula is C29H43N3OS. The van der Waals surface area contributed by atoms with E-state index in [1.54, 1.807) is 18.4 Å². The lowest BCUT2D eigenvalue weighted by Gasteiger charge is -2.50. The van der Waals surface area contributed by atoms with E-state index in [0.717, 1.165) is 11.8 Å². The van der Waals surface area contributed by atoms with Gasteiger partial charge in [0.2, 0.25) is 0 Å². The molecule has 1 saturated heterocycles. The van der Waals surface area contributed by atoms with Gasteiger partial charge in [-0.05, 0) is 87.9 Å². The SMILES string of the molecule is COc1ccc(C2CCC3=C(CCC(N4CCN(C)CC4)C3)N2C2C=CC(SC)CC2)cc1C. The third-order valence-corrected chi connectivity index (χ3v) is 9.78. The highest BCUT2D eigenvalue weighted by Gasteiger charge is 2.38. The first-order chi connectivity index (χ1) is 16.6. The molecule has 2 aliphatic heterocycles. The summed E-state index contributed by atoms with van der Waals surface area (Å²) in [6, 6.07) is 8.64. The number of aryl methyl sites for hydroxylation is 1. The largest absolute Gasteiger partial charge is 0.496 e. The van der Waals surface area contributed by atoms with Crippen molar-refractivity contribution in [3.63, 3.8) is 0 Å². The molecule has 0 saturated carbocycles. The second-order valence-electron chi connectivity index (χ2n) is 10.8. The van der Waals surface area contributed by atoms with Crippen molar-refractivity contribution < 1.29 is 4.74 Å². The quantitative estimate of drug-likeness (QED) is 0.505. The Bertz CT molecular complexity index is 920. The Balaban J connectivity index is 1.43. The molecule has 4 aliphatic rings. The molecule has 2 aliphatic carbocycles. The maximum Gasteiger partial charge on any atom is 0.121 e. The number of methoxy groups -OCH3 is 1. The Morgan fingerprint density at radius 2 is 1.79 bits per heavy atom. The summed E-state index contributed by atoms with van der Waals surface area (Å²) in [7, 11) is 4.04. The summed E-state index contributed by atoms with van der Waals surface area (Å²) in [5.41, 5.74) is 6.16. The Labute approximate surface area is 211 Å². The van der Waals surface area contributed by atoms with Gasteiger partial charge in [-0.2, -0.15) is 11.8 Å². The van der Waals surface area contributed by atoms with Crippen LogP contribution in [-0.2, 0) is 0 Å². The molecule has 5 heteroatoms. The lowest BCUT2D eigenvalue weighted by Crippen LogP contribution is -2.50. The van der Waals surface area contributed by atoms with Gasteiger partial charge in [-0.25, -0.2) is 0 Å². The minimum absolute atomic E-state index is 0.476. The van der Waals surface area contributed by atoms with Gasteiger partial charge in [0.25, 0.3) is 0 Å². The minimum atomic E-state index is 0.476. The van der Waals surface area contributed by atoms with Crippen LogP contribution in [0.15, 0.2) is 41.6 Å². The van der Waals surface area contributed by atoms with Crippen molar-refractivity contribution in [1.29, 1.82) is 0 Å². The van der Waals surface area contributed by atoms with Crippen LogP contribution in [0.25, 0.3) is 0 Å². The summed E-state index contributed by atoms with van der Waals surface area (Å²) < 4.78 is 5.57. The number of hydrogen-bond donors (Lipinski definition) is 0. The summed E-state index contributed by atoms with van der Waals surface area (Å²) in [6.07, 6.45) is 16.2. The average molecular weight is 482 g/mol. The summed E-state index contributed by atoms with van der Waals surface area (Å²) in [4.78, 5) is 8.13. The predicted molar refractivity (Wildman–Crippen MR) is 145 cm³/mol. The lowest BCUT2D eigenvalue weighted by molar-refractivity contribution is 0.0899. The zero-order valence-corrected chi connectivity index (χ0v) is 22.4. The Kier molecular flexibility index (Phi) is 7.62. The topological polar surface area (TPSA) is 19.0 Å². The van der Waals surface area contributed by atoms with E-state index in [2.05, 4.69) is 65.3 Å². The number of benzene rings is 1. The van der Waals surface area contributed by atoms with Crippen molar-refractivity contribution in [3.05, 3.63) is 52.7 Å². The molecule has 4 atom stereocenters. The number of hydrogen-bond acceptors (Lipinski definition) is 5. The Morgan fingerprint density at radius 1 is 0.971 bits per heavy atom.